The summed E-state index contributed by atoms with van der Waals surface area (Å²) in [7, 11) is -1.49. The van der Waals surface area contributed by atoms with Gasteiger partial charge >= 0.3 is 0 Å². The number of hydrogen-bond acceptors (Lipinski definition) is 0. The zero-order valence-corrected chi connectivity index (χ0v) is 10.4. The Bertz CT molecular complexity index is 234. The van der Waals surface area contributed by atoms with E-state index in [4.69, 9.17) is 11.1 Å². The summed E-state index contributed by atoms with van der Waals surface area (Å²) < 4.78 is 0. The Morgan fingerprint density at radius 1 is 1.62 bits per heavy atom. The van der Waals surface area contributed by atoms with E-state index in [0.717, 1.165) is 5.92 Å². The molecule has 0 saturated heterocycles. The van der Waals surface area contributed by atoms with Gasteiger partial charge in [0.15, 0.2) is 7.38 Å². The second kappa shape index (κ2) is 3.13. The zero-order chi connectivity index (χ0) is 9.53. The van der Waals surface area contributed by atoms with Crippen LogP contribution in [0.25, 0.3) is 0 Å². The van der Waals surface area contributed by atoms with Crippen molar-refractivity contribution in [1.82, 2.24) is 0 Å². The second-order valence-electron chi connectivity index (χ2n) is 4.97. The van der Waals surface area contributed by atoms with E-state index >= 15 is 0 Å². The molecule has 2 heteroatoms. The lowest BCUT2D eigenvalue weighted by Gasteiger charge is -2.37. The fourth-order valence-corrected chi connectivity index (χ4v) is 7.62. The summed E-state index contributed by atoms with van der Waals surface area (Å²) in [5.74, 6) is 0.877. The Hall–Kier alpha value is 0.247. The third-order valence-electron chi connectivity index (χ3n) is 4.03. The number of rotatable bonds is 3. The summed E-state index contributed by atoms with van der Waals surface area (Å²) in [6.45, 7) is 4.63. The average Bonchev–Trinajstić information content (AvgIpc) is 2.63. The van der Waals surface area contributed by atoms with Gasteiger partial charge < -0.3 is 0 Å². The summed E-state index contributed by atoms with van der Waals surface area (Å²) in [6, 6.07) is 1.28. The standard InChI is InChI=1S/C11H19ClSi/c1-3-8-13(2,12)11-6-4-10(9-11)5-7-11/h4,6,10H,3,5,7-9H2,1-2H3. The van der Waals surface area contributed by atoms with Gasteiger partial charge in [-0.1, -0.05) is 32.0 Å². The van der Waals surface area contributed by atoms with Crippen molar-refractivity contribution in [3.63, 3.8) is 0 Å². The summed E-state index contributed by atoms with van der Waals surface area (Å²) in [6.07, 6.45) is 10.3. The van der Waals surface area contributed by atoms with Crippen molar-refractivity contribution >= 4 is 18.5 Å². The van der Waals surface area contributed by atoms with Gasteiger partial charge in [-0.3, -0.25) is 0 Å². The monoisotopic (exact) mass is 214 g/mol. The summed E-state index contributed by atoms with van der Waals surface area (Å²) in [5, 5.41) is 0.481. The van der Waals surface area contributed by atoms with Crippen LogP contribution in [0.5, 0.6) is 0 Å². The highest BCUT2D eigenvalue weighted by molar-refractivity contribution is 7.21. The Kier molecular flexibility index (Phi) is 2.36. The van der Waals surface area contributed by atoms with E-state index in [9.17, 15) is 0 Å². The molecule has 74 valence electrons. The quantitative estimate of drug-likeness (QED) is 0.373. The largest absolute Gasteiger partial charge is 0.166 e. The topological polar surface area (TPSA) is 0 Å². The van der Waals surface area contributed by atoms with E-state index in [1.165, 1.54) is 31.7 Å². The van der Waals surface area contributed by atoms with Crippen molar-refractivity contribution in [3.8, 4) is 0 Å². The van der Waals surface area contributed by atoms with Gasteiger partial charge in [-0.2, -0.15) is 11.1 Å². The van der Waals surface area contributed by atoms with Crippen LogP contribution in [0.3, 0.4) is 0 Å². The molecule has 0 spiro atoms. The molecule has 0 N–H and O–H groups in total. The molecule has 0 nitrogen and oxygen atoms in total. The molecule has 0 aliphatic heterocycles. The number of halogens is 1. The van der Waals surface area contributed by atoms with Crippen LogP contribution in [0, 0.1) is 5.92 Å². The van der Waals surface area contributed by atoms with Crippen LogP contribution in [-0.4, -0.2) is 7.38 Å². The molecule has 3 atom stereocenters. The van der Waals surface area contributed by atoms with Crippen molar-refractivity contribution in [2.75, 3.05) is 0 Å². The smallest absolute Gasteiger partial charge is 0.163 e. The Balaban J connectivity index is 2.19. The van der Waals surface area contributed by atoms with Gasteiger partial charge in [0.2, 0.25) is 0 Å². The van der Waals surface area contributed by atoms with E-state index in [-0.39, 0.29) is 0 Å². The van der Waals surface area contributed by atoms with Gasteiger partial charge in [0.05, 0.1) is 0 Å². The first-order valence-corrected chi connectivity index (χ1v) is 9.20. The fourth-order valence-electron chi connectivity index (χ4n) is 3.12. The van der Waals surface area contributed by atoms with E-state index in [0.29, 0.717) is 5.04 Å². The zero-order valence-electron chi connectivity index (χ0n) is 8.65. The molecule has 13 heavy (non-hydrogen) atoms. The van der Waals surface area contributed by atoms with Crippen molar-refractivity contribution in [3.05, 3.63) is 12.2 Å². The maximum absolute atomic E-state index is 6.81. The van der Waals surface area contributed by atoms with E-state index in [1.54, 1.807) is 0 Å². The molecule has 2 bridgehead atoms. The lowest BCUT2D eigenvalue weighted by molar-refractivity contribution is 0.685. The lowest BCUT2D eigenvalue weighted by atomic mass is 10.1. The molecule has 1 saturated carbocycles. The minimum absolute atomic E-state index is 0.481. The van der Waals surface area contributed by atoms with Gasteiger partial charge in [-0.05, 0) is 36.3 Å². The highest BCUT2D eigenvalue weighted by Gasteiger charge is 2.53. The summed E-state index contributed by atoms with van der Waals surface area (Å²) in [4.78, 5) is 0. The molecule has 0 amide bonds. The molecule has 2 rings (SSSR count). The molecule has 0 aromatic rings. The van der Waals surface area contributed by atoms with Crippen LogP contribution < -0.4 is 0 Å². The van der Waals surface area contributed by atoms with E-state index in [2.05, 4.69) is 25.6 Å². The number of fused-ring (bicyclic) bond motifs is 2. The maximum atomic E-state index is 6.81. The van der Waals surface area contributed by atoms with Crippen molar-refractivity contribution in [2.24, 2.45) is 5.92 Å². The lowest BCUT2D eigenvalue weighted by Crippen LogP contribution is -2.36. The van der Waals surface area contributed by atoms with Gasteiger partial charge in [0, 0.05) is 0 Å². The predicted octanol–water partition coefficient (Wildman–Crippen LogP) is 4.32. The Labute approximate surface area is 87.1 Å². The van der Waals surface area contributed by atoms with Gasteiger partial charge in [0.1, 0.15) is 0 Å². The first kappa shape index (κ1) is 9.79. The van der Waals surface area contributed by atoms with Crippen LogP contribution in [0.2, 0.25) is 17.6 Å². The molecule has 3 unspecified atom stereocenters. The third kappa shape index (κ3) is 1.41. The third-order valence-corrected chi connectivity index (χ3v) is 9.86. The molecule has 0 heterocycles. The maximum Gasteiger partial charge on any atom is 0.163 e. The molecule has 0 radical (unpaired) electrons. The van der Waals surface area contributed by atoms with Gasteiger partial charge in [-0.15, -0.1) is 0 Å². The molecule has 1 fully saturated rings. The molecule has 0 aromatic heterocycles. The molecule has 0 aromatic carbocycles. The van der Waals surface area contributed by atoms with Crippen molar-refractivity contribution in [2.45, 2.75) is 50.2 Å². The molecule has 2 aliphatic rings. The van der Waals surface area contributed by atoms with Crippen molar-refractivity contribution in [1.29, 1.82) is 0 Å². The van der Waals surface area contributed by atoms with Gasteiger partial charge in [-0.25, -0.2) is 0 Å². The van der Waals surface area contributed by atoms with Crippen molar-refractivity contribution < 1.29 is 0 Å². The highest BCUT2D eigenvalue weighted by Crippen LogP contribution is 2.62. The normalized spacial score (nSPS) is 41.0. The van der Waals surface area contributed by atoms with Crippen LogP contribution in [0.15, 0.2) is 12.2 Å². The highest BCUT2D eigenvalue weighted by atomic mass is 35.6. The predicted molar refractivity (Wildman–Crippen MR) is 61.7 cm³/mol. The van der Waals surface area contributed by atoms with Crippen LogP contribution in [-0.2, 0) is 0 Å². The van der Waals surface area contributed by atoms with Crippen LogP contribution in [0.1, 0.15) is 32.6 Å². The number of hydrogen-bond donors (Lipinski definition) is 0. The minimum Gasteiger partial charge on any atom is -0.166 e. The number of allylic oxidation sites excluding steroid dienone is 2. The Morgan fingerprint density at radius 3 is 2.77 bits per heavy atom. The molecular formula is C11H19ClSi. The first-order valence-electron chi connectivity index (χ1n) is 5.48. The summed E-state index contributed by atoms with van der Waals surface area (Å²) >= 11 is 6.81. The first-order chi connectivity index (χ1) is 6.10. The molecule has 2 aliphatic carbocycles. The average molecular weight is 215 g/mol. The summed E-state index contributed by atoms with van der Waals surface area (Å²) in [5.41, 5.74) is 0. The minimum atomic E-state index is -1.49. The van der Waals surface area contributed by atoms with E-state index in [1.807, 2.05) is 0 Å². The van der Waals surface area contributed by atoms with Crippen LogP contribution in [0.4, 0.5) is 0 Å². The van der Waals surface area contributed by atoms with Gasteiger partial charge in [0.25, 0.3) is 0 Å². The molecular weight excluding hydrogens is 196 g/mol. The second-order valence-corrected chi connectivity index (χ2v) is 11.4. The van der Waals surface area contributed by atoms with Crippen LogP contribution >= 0.6 is 11.1 Å². The van der Waals surface area contributed by atoms with E-state index < -0.39 is 7.38 Å². The Morgan fingerprint density at radius 2 is 2.38 bits per heavy atom. The fraction of sp³-hybridized carbons (Fsp3) is 0.818. The SMILES string of the molecule is CCC[Si](C)(Cl)C12C=CC(CC1)C2.